The van der Waals surface area contributed by atoms with Crippen LogP contribution in [-0.4, -0.2) is 19.0 Å². The maximum atomic E-state index is 10.7. The third kappa shape index (κ3) is 2.28. The molecule has 0 spiro atoms. The summed E-state index contributed by atoms with van der Waals surface area (Å²) in [6.07, 6.45) is 3.00. The van der Waals surface area contributed by atoms with Crippen molar-refractivity contribution >= 4 is 32.4 Å². The van der Waals surface area contributed by atoms with Crippen LogP contribution >= 0.6 is 0 Å². The number of nitrogens with zero attached hydrogens (tertiary/aromatic N) is 1. The summed E-state index contributed by atoms with van der Waals surface area (Å²) in [5.74, 6) is 2.21. The SMILES string of the molecule is CCC[n+]1cc2c(O)c(OC)ccc2c2ccc3cc4c(cc3c21)OCO4.[H+]. The van der Waals surface area contributed by atoms with Crippen LogP contribution < -0.4 is 18.8 Å². The number of benzene rings is 3. The van der Waals surface area contributed by atoms with Gasteiger partial charge in [-0.25, -0.2) is 0 Å². The molecule has 5 heteroatoms. The van der Waals surface area contributed by atoms with Gasteiger partial charge in [0.1, 0.15) is 6.54 Å². The second-order valence-corrected chi connectivity index (χ2v) is 6.79. The van der Waals surface area contributed by atoms with Crippen LogP contribution in [0.3, 0.4) is 0 Å². The fourth-order valence-electron chi connectivity index (χ4n) is 3.98. The molecule has 5 rings (SSSR count). The summed E-state index contributed by atoms with van der Waals surface area (Å²) < 4.78 is 18.6. The van der Waals surface area contributed by atoms with Gasteiger partial charge in [-0.3, -0.25) is 0 Å². The van der Waals surface area contributed by atoms with Gasteiger partial charge in [0.15, 0.2) is 29.2 Å². The molecule has 1 N–H and O–H groups in total. The van der Waals surface area contributed by atoms with E-state index in [1.807, 2.05) is 24.4 Å². The van der Waals surface area contributed by atoms with Gasteiger partial charge in [0.2, 0.25) is 12.3 Å². The minimum atomic E-state index is 0. The second kappa shape index (κ2) is 5.91. The molecule has 0 unspecified atom stereocenters. The van der Waals surface area contributed by atoms with E-state index in [1.54, 1.807) is 7.11 Å². The van der Waals surface area contributed by atoms with Crippen molar-refractivity contribution in [1.29, 1.82) is 0 Å². The fourth-order valence-corrected chi connectivity index (χ4v) is 3.98. The van der Waals surface area contributed by atoms with E-state index < -0.39 is 0 Å². The minimum absolute atomic E-state index is 0. The Labute approximate surface area is 157 Å². The van der Waals surface area contributed by atoms with Gasteiger partial charge < -0.3 is 19.3 Å². The lowest BCUT2D eigenvalue weighted by Crippen LogP contribution is -2.34. The van der Waals surface area contributed by atoms with Crippen LogP contribution in [0.4, 0.5) is 0 Å². The van der Waals surface area contributed by atoms with Gasteiger partial charge in [0.25, 0.3) is 0 Å². The average molecular weight is 363 g/mol. The van der Waals surface area contributed by atoms with Crippen LogP contribution in [0.15, 0.2) is 42.6 Å². The molecule has 136 valence electrons. The summed E-state index contributed by atoms with van der Waals surface area (Å²) >= 11 is 0. The van der Waals surface area contributed by atoms with Crippen molar-refractivity contribution in [1.82, 2.24) is 0 Å². The number of phenolic OH excluding ortho intramolecular Hbond substituents is 1. The quantitative estimate of drug-likeness (QED) is 0.433. The number of aromatic hydroxyl groups is 1. The zero-order valence-electron chi connectivity index (χ0n) is 16.3. The van der Waals surface area contributed by atoms with Gasteiger partial charge >= 0.3 is 1.43 Å². The zero-order chi connectivity index (χ0) is 18.5. The Morgan fingerprint density at radius 2 is 1.81 bits per heavy atom. The van der Waals surface area contributed by atoms with E-state index in [1.165, 1.54) is 0 Å². The summed E-state index contributed by atoms with van der Waals surface area (Å²) in [4.78, 5) is 0. The number of ether oxygens (including phenoxy) is 3. The molecule has 0 amide bonds. The molecular weight excluding hydrogens is 342 g/mol. The first kappa shape index (κ1) is 16.0. The van der Waals surface area contributed by atoms with Crippen molar-refractivity contribution in [2.45, 2.75) is 19.9 Å². The third-order valence-corrected chi connectivity index (χ3v) is 5.21. The lowest BCUT2D eigenvalue weighted by Gasteiger charge is -2.11. The molecule has 1 aliphatic heterocycles. The van der Waals surface area contributed by atoms with E-state index in [-0.39, 0.29) is 14.0 Å². The number of aromatic nitrogens is 1. The maximum Gasteiger partial charge on any atom is 1.00 e. The van der Waals surface area contributed by atoms with Crippen molar-refractivity contribution in [3.8, 4) is 23.0 Å². The fraction of sp³-hybridized carbons (Fsp3) is 0.227. The molecule has 0 atom stereocenters. The first-order chi connectivity index (χ1) is 13.2. The summed E-state index contributed by atoms with van der Waals surface area (Å²) in [6, 6.07) is 12.1. The number of phenols is 1. The van der Waals surface area contributed by atoms with Crippen LogP contribution in [-0.2, 0) is 6.54 Å². The lowest BCUT2D eigenvalue weighted by molar-refractivity contribution is -0.669. The normalized spacial score (nSPS) is 13.0. The van der Waals surface area contributed by atoms with Crippen molar-refractivity contribution < 1.29 is 25.3 Å². The molecule has 0 saturated heterocycles. The van der Waals surface area contributed by atoms with Crippen molar-refractivity contribution in [2.75, 3.05) is 13.9 Å². The highest BCUT2D eigenvalue weighted by Gasteiger charge is 2.22. The number of methoxy groups -OCH3 is 1. The topological polar surface area (TPSA) is 51.8 Å². The van der Waals surface area contributed by atoms with E-state index in [0.717, 1.165) is 56.9 Å². The number of fused-ring (bicyclic) bond motifs is 6. The molecule has 0 bridgehead atoms. The van der Waals surface area contributed by atoms with Crippen molar-refractivity contribution in [3.05, 3.63) is 42.6 Å². The standard InChI is InChI=1S/C22H19NO4/c1-3-8-23-11-17-14(6-7-18(25-2)22(17)24)15-5-4-13-9-19-20(27-12-26-19)10-16(13)21(15)23/h4-7,9-11H,3,8,12H2,1-2H3/p+2. The Kier molecular flexibility index (Phi) is 3.50. The maximum absolute atomic E-state index is 10.7. The molecule has 5 nitrogen and oxygen atoms in total. The molecule has 0 saturated carbocycles. The van der Waals surface area contributed by atoms with Gasteiger partial charge in [-0.2, -0.15) is 4.57 Å². The predicted molar refractivity (Wildman–Crippen MR) is 105 cm³/mol. The molecule has 2 heterocycles. The van der Waals surface area contributed by atoms with Gasteiger partial charge in [0, 0.05) is 11.8 Å². The summed E-state index contributed by atoms with van der Waals surface area (Å²) in [5, 5.41) is 15.8. The molecule has 0 fully saturated rings. The van der Waals surface area contributed by atoms with E-state index in [2.05, 4.69) is 29.7 Å². The highest BCUT2D eigenvalue weighted by Crippen LogP contribution is 2.41. The third-order valence-electron chi connectivity index (χ3n) is 5.21. The zero-order valence-corrected chi connectivity index (χ0v) is 15.3. The first-order valence-electron chi connectivity index (χ1n) is 9.09. The number of hydrogen-bond donors (Lipinski definition) is 1. The predicted octanol–water partition coefficient (Wildman–Crippen LogP) is 4.40. The van der Waals surface area contributed by atoms with Gasteiger partial charge in [0.05, 0.1) is 23.3 Å². The Bertz CT molecular complexity index is 1220. The van der Waals surface area contributed by atoms with E-state index in [4.69, 9.17) is 14.2 Å². The van der Waals surface area contributed by atoms with E-state index in [9.17, 15) is 5.11 Å². The Balaban J connectivity index is 0.00000192. The average Bonchev–Trinajstić information content (AvgIpc) is 3.14. The molecular formula is C22H21NO4+2. The summed E-state index contributed by atoms with van der Waals surface area (Å²) in [6.45, 7) is 3.25. The Morgan fingerprint density at radius 1 is 1.04 bits per heavy atom. The summed E-state index contributed by atoms with van der Waals surface area (Å²) in [5.41, 5.74) is 1.13. The van der Waals surface area contributed by atoms with E-state index >= 15 is 0 Å². The van der Waals surface area contributed by atoms with Crippen molar-refractivity contribution in [2.24, 2.45) is 0 Å². The molecule has 0 radical (unpaired) electrons. The molecule has 27 heavy (non-hydrogen) atoms. The molecule has 0 aliphatic carbocycles. The van der Waals surface area contributed by atoms with Crippen molar-refractivity contribution in [3.63, 3.8) is 0 Å². The van der Waals surface area contributed by atoms with Gasteiger partial charge in [-0.05, 0) is 35.7 Å². The Morgan fingerprint density at radius 3 is 2.59 bits per heavy atom. The second-order valence-electron chi connectivity index (χ2n) is 6.79. The number of aryl methyl sites for hydroxylation is 1. The number of rotatable bonds is 3. The largest absolute Gasteiger partial charge is 1.00 e. The molecule has 3 aromatic carbocycles. The summed E-state index contributed by atoms with van der Waals surface area (Å²) in [7, 11) is 1.57. The van der Waals surface area contributed by atoms with Gasteiger partial charge in [-0.1, -0.05) is 13.0 Å². The monoisotopic (exact) mass is 363 g/mol. The highest BCUT2D eigenvalue weighted by atomic mass is 16.7. The van der Waals surface area contributed by atoms with E-state index in [0.29, 0.717) is 5.75 Å². The Hall–Kier alpha value is -3.21. The van der Waals surface area contributed by atoms with Crippen LogP contribution in [0.5, 0.6) is 23.0 Å². The smallest absolute Gasteiger partial charge is 0.504 e. The van der Waals surface area contributed by atoms with Gasteiger partial charge in [-0.15, -0.1) is 0 Å². The van der Waals surface area contributed by atoms with Crippen LogP contribution in [0.2, 0.25) is 0 Å². The number of pyridine rings is 1. The molecule has 4 aromatic rings. The number of hydrogen-bond acceptors (Lipinski definition) is 4. The first-order valence-corrected chi connectivity index (χ1v) is 9.09. The van der Waals surface area contributed by atoms with Crippen LogP contribution in [0.1, 0.15) is 14.8 Å². The molecule has 1 aromatic heterocycles. The minimum Gasteiger partial charge on any atom is -0.504 e. The van der Waals surface area contributed by atoms with Crippen LogP contribution in [0.25, 0.3) is 32.4 Å². The van der Waals surface area contributed by atoms with Crippen LogP contribution in [0, 0.1) is 0 Å². The highest BCUT2D eigenvalue weighted by molar-refractivity contribution is 6.15. The lowest BCUT2D eigenvalue weighted by atomic mass is 10.00. The molecule has 1 aliphatic rings.